The topological polar surface area (TPSA) is 73.2 Å². The highest BCUT2D eigenvalue weighted by Gasteiger charge is 2.13. The molecule has 6 nitrogen and oxygen atoms in total. The molecule has 1 N–H and O–H groups in total. The third-order valence-electron chi connectivity index (χ3n) is 4.93. The summed E-state index contributed by atoms with van der Waals surface area (Å²) in [5.74, 6) is 0.420. The van der Waals surface area contributed by atoms with Crippen LogP contribution in [-0.2, 0) is 18.4 Å². The monoisotopic (exact) mass is 419 g/mol. The van der Waals surface area contributed by atoms with Crippen LogP contribution in [0.2, 0.25) is 0 Å². The van der Waals surface area contributed by atoms with Crippen LogP contribution in [0.25, 0.3) is 0 Å². The first kappa shape index (κ1) is 22.3. The molecule has 0 radical (unpaired) electrons. The number of hydrogen-bond acceptors (Lipinski definition) is 4. The maximum Gasteiger partial charge on any atom is 0.271 e. The van der Waals surface area contributed by atoms with Gasteiger partial charge in [-0.3, -0.25) is 9.59 Å². The van der Waals surface area contributed by atoms with Crippen molar-refractivity contribution in [2.24, 2.45) is 0 Å². The van der Waals surface area contributed by atoms with Crippen LogP contribution in [0.5, 0.6) is 5.75 Å². The fourth-order valence-electron chi connectivity index (χ4n) is 3.08. The van der Waals surface area contributed by atoms with Crippen LogP contribution in [0.3, 0.4) is 0 Å². The zero-order valence-electron chi connectivity index (χ0n) is 18.3. The highest BCUT2D eigenvalue weighted by atomic mass is 16.5. The first-order valence-electron chi connectivity index (χ1n) is 10.5. The lowest BCUT2D eigenvalue weighted by atomic mass is 9.86. The van der Waals surface area contributed by atoms with Crippen molar-refractivity contribution < 1.29 is 9.53 Å². The average molecular weight is 420 g/mol. The van der Waals surface area contributed by atoms with Crippen LogP contribution >= 0.6 is 0 Å². The number of nitrogens with zero attached hydrogens (tertiary/aromatic N) is 2. The van der Waals surface area contributed by atoms with E-state index in [-0.39, 0.29) is 35.7 Å². The largest absolute Gasteiger partial charge is 0.492 e. The van der Waals surface area contributed by atoms with E-state index in [0.717, 1.165) is 17.7 Å². The zero-order valence-corrected chi connectivity index (χ0v) is 18.3. The number of hydrogen-bond donors (Lipinski definition) is 1. The van der Waals surface area contributed by atoms with Crippen LogP contribution in [-0.4, -0.2) is 28.8 Å². The molecule has 2 aromatic carbocycles. The molecule has 0 aliphatic carbocycles. The number of benzene rings is 2. The summed E-state index contributed by atoms with van der Waals surface area (Å²) in [6, 6.07) is 20.6. The lowest BCUT2D eigenvalue weighted by molar-refractivity contribution is 0.0946. The average Bonchev–Trinajstić information content (AvgIpc) is 2.75. The fourth-order valence-corrected chi connectivity index (χ4v) is 3.08. The van der Waals surface area contributed by atoms with E-state index >= 15 is 0 Å². The van der Waals surface area contributed by atoms with Crippen LogP contribution in [0.1, 0.15) is 42.4 Å². The molecule has 0 fully saturated rings. The quantitative estimate of drug-likeness (QED) is 0.606. The minimum Gasteiger partial charge on any atom is -0.492 e. The van der Waals surface area contributed by atoms with Crippen molar-refractivity contribution in [1.29, 1.82) is 0 Å². The second-order valence-electron chi connectivity index (χ2n) is 8.39. The zero-order chi connectivity index (χ0) is 22.3. The maximum atomic E-state index is 12.5. The lowest BCUT2D eigenvalue weighted by Crippen LogP contribution is -2.31. The molecule has 0 saturated carbocycles. The number of rotatable bonds is 8. The van der Waals surface area contributed by atoms with E-state index < -0.39 is 0 Å². The fraction of sp³-hybridized carbons (Fsp3) is 0.320. The number of carbonyl (C=O) groups excluding carboxylic acids is 1. The Balaban J connectivity index is 1.52. The van der Waals surface area contributed by atoms with Gasteiger partial charge in [0.1, 0.15) is 18.1 Å². The molecule has 1 aromatic heterocycles. The van der Waals surface area contributed by atoms with E-state index in [1.807, 2.05) is 30.3 Å². The summed E-state index contributed by atoms with van der Waals surface area (Å²) in [7, 11) is 0. The molecule has 0 bridgehead atoms. The predicted octanol–water partition coefficient (Wildman–Crippen LogP) is 3.59. The molecule has 0 saturated heterocycles. The molecule has 0 spiro atoms. The second-order valence-corrected chi connectivity index (χ2v) is 8.39. The van der Waals surface area contributed by atoms with E-state index in [0.29, 0.717) is 6.54 Å². The van der Waals surface area contributed by atoms with Crippen molar-refractivity contribution in [3.05, 3.63) is 93.9 Å². The van der Waals surface area contributed by atoms with Crippen LogP contribution < -0.4 is 15.6 Å². The van der Waals surface area contributed by atoms with E-state index in [2.05, 4.69) is 55.5 Å². The van der Waals surface area contributed by atoms with Gasteiger partial charge in [0.15, 0.2) is 0 Å². The Labute approximate surface area is 182 Å². The second kappa shape index (κ2) is 10.1. The summed E-state index contributed by atoms with van der Waals surface area (Å²) in [6.07, 6.45) is 0.723. The van der Waals surface area contributed by atoms with Gasteiger partial charge in [0, 0.05) is 12.6 Å². The van der Waals surface area contributed by atoms with Gasteiger partial charge < -0.3 is 10.1 Å². The Kier molecular flexibility index (Phi) is 7.23. The van der Waals surface area contributed by atoms with Crippen molar-refractivity contribution in [3.63, 3.8) is 0 Å². The van der Waals surface area contributed by atoms with Crippen molar-refractivity contribution in [2.75, 3.05) is 13.2 Å². The number of ether oxygens (including phenoxy) is 1. The first-order valence-corrected chi connectivity index (χ1v) is 10.5. The van der Waals surface area contributed by atoms with Crippen molar-refractivity contribution >= 4 is 5.91 Å². The molecule has 3 rings (SSSR count). The molecular weight excluding hydrogens is 390 g/mol. The van der Waals surface area contributed by atoms with Crippen molar-refractivity contribution in [3.8, 4) is 5.75 Å². The Morgan fingerprint density at radius 2 is 1.71 bits per heavy atom. The minimum atomic E-state index is -0.302. The highest BCUT2D eigenvalue weighted by molar-refractivity contribution is 5.91. The third kappa shape index (κ3) is 6.54. The third-order valence-corrected chi connectivity index (χ3v) is 4.93. The van der Waals surface area contributed by atoms with Gasteiger partial charge in [-0.1, -0.05) is 63.2 Å². The van der Waals surface area contributed by atoms with Gasteiger partial charge in [0.2, 0.25) is 0 Å². The van der Waals surface area contributed by atoms with Crippen LogP contribution in [0, 0.1) is 0 Å². The predicted molar refractivity (Wildman–Crippen MR) is 122 cm³/mol. The number of aromatic nitrogens is 2. The number of carbonyl (C=O) groups is 1. The molecule has 0 aliphatic rings. The Bertz CT molecular complexity index is 1050. The Morgan fingerprint density at radius 1 is 1.00 bits per heavy atom. The molecule has 31 heavy (non-hydrogen) atoms. The van der Waals surface area contributed by atoms with Gasteiger partial charge in [0.25, 0.3) is 11.5 Å². The van der Waals surface area contributed by atoms with Crippen LogP contribution in [0.15, 0.2) is 71.5 Å². The van der Waals surface area contributed by atoms with Gasteiger partial charge in [-0.2, -0.15) is 5.10 Å². The SMILES string of the molecule is CC(C)(C)c1ccc(CCNC(=O)c2ccc(=O)n(CCOc3ccccc3)n2)cc1. The molecular formula is C25H29N3O3. The van der Waals surface area contributed by atoms with Gasteiger partial charge in [-0.05, 0) is 41.2 Å². The maximum absolute atomic E-state index is 12.5. The number of nitrogens with one attached hydrogen (secondary N) is 1. The van der Waals surface area contributed by atoms with Gasteiger partial charge in [-0.15, -0.1) is 0 Å². The summed E-state index contributed by atoms with van der Waals surface area (Å²) in [5.41, 5.74) is 2.50. The highest BCUT2D eigenvalue weighted by Crippen LogP contribution is 2.22. The minimum absolute atomic E-state index is 0.119. The standard InChI is InChI=1S/C25H29N3O3/c1-25(2,3)20-11-9-19(10-12-20)15-16-26-24(30)22-13-14-23(29)28(27-22)17-18-31-21-7-5-4-6-8-21/h4-14H,15-18H2,1-3H3,(H,26,30). The van der Waals surface area contributed by atoms with E-state index in [1.54, 1.807) is 0 Å². The van der Waals surface area contributed by atoms with Gasteiger partial charge in [-0.25, -0.2) is 4.68 Å². The number of amides is 1. The van der Waals surface area contributed by atoms with E-state index in [4.69, 9.17) is 4.74 Å². The van der Waals surface area contributed by atoms with Crippen LogP contribution in [0.4, 0.5) is 0 Å². The van der Waals surface area contributed by atoms with Gasteiger partial charge in [0.05, 0.1) is 6.54 Å². The lowest BCUT2D eigenvalue weighted by Gasteiger charge is -2.19. The molecule has 162 valence electrons. The molecule has 0 unspecified atom stereocenters. The summed E-state index contributed by atoms with van der Waals surface area (Å²) in [5, 5.41) is 7.05. The van der Waals surface area contributed by atoms with Crippen molar-refractivity contribution in [2.45, 2.75) is 39.2 Å². The van der Waals surface area contributed by atoms with E-state index in [1.165, 1.54) is 22.4 Å². The molecule has 6 heteroatoms. The summed E-state index contributed by atoms with van der Waals surface area (Å²) < 4.78 is 6.86. The first-order chi connectivity index (χ1) is 14.8. The Morgan fingerprint density at radius 3 is 2.39 bits per heavy atom. The normalized spacial score (nSPS) is 11.2. The van der Waals surface area contributed by atoms with Crippen molar-refractivity contribution in [1.82, 2.24) is 15.1 Å². The molecule has 0 atom stereocenters. The smallest absolute Gasteiger partial charge is 0.271 e. The summed E-state index contributed by atoms with van der Waals surface area (Å²) in [4.78, 5) is 24.5. The molecule has 0 aliphatic heterocycles. The van der Waals surface area contributed by atoms with Gasteiger partial charge >= 0.3 is 0 Å². The number of para-hydroxylation sites is 1. The van der Waals surface area contributed by atoms with E-state index in [9.17, 15) is 9.59 Å². The Hall–Kier alpha value is -3.41. The summed E-state index contributed by atoms with van der Waals surface area (Å²) >= 11 is 0. The molecule has 1 heterocycles. The summed E-state index contributed by atoms with van der Waals surface area (Å²) in [6.45, 7) is 7.58. The molecule has 1 amide bonds. The molecule has 3 aromatic rings.